The Morgan fingerprint density at radius 3 is 2.30 bits per heavy atom. The van der Waals surface area contributed by atoms with E-state index in [1.54, 1.807) is 24.3 Å². The zero-order valence-electron chi connectivity index (χ0n) is 13.2. The molecule has 7 nitrogen and oxygen atoms in total. The molecule has 0 saturated carbocycles. The minimum atomic E-state index is -0.264. The van der Waals surface area contributed by atoms with Gasteiger partial charge in [0.15, 0.2) is 0 Å². The maximum Gasteiger partial charge on any atom is 0.319 e. The Bertz CT molecular complexity index is 681. The monoisotopic (exact) mass is 333 g/mol. The van der Waals surface area contributed by atoms with Crippen LogP contribution in [0.3, 0.4) is 0 Å². The van der Waals surface area contributed by atoms with Crippen LogP contribution in [0, 0.1) is 0 Å². The molecule has 0 spiro atoms. The van der Waals surface area contributed by atoms with Crippen molar-refractivity contribution in [3.63, 3.8) is 0 Å². The third kappa shape index (κ3) is 4.75. The van der Waals surface area contributed by atoms with Gasteiger partial charge in [-0.3, -0.25) is 4.79 Å². The van der Waals surface area contributed by atoms with Crippen LogP contribution in [0.1, 0.15) is 36.1 Å². The summed E-state index contributed by atoms with van der Waals surface area (Å²) in [4.78, 5) is 24.3. The number of amides is 3. The highest BCUT2D eigenvalue weighted by molar-refractivity contribution is 7.08. The number of hydrogen-bond acceptors (Lipinski definition) is 5. The van der Waals surface area contributed by atoms with E-state index in [0.29, 0.717) is 28.4 Å². The summed E-state index contributed by atoms with van der Waals surface area (Å²) in [5, 5.41) is 12.2. The summed E-state index contributed by atoms with van der Waals surface area (Å²) in [7, 11) is 0. The average Bonchev–Trinajstić information content (AvgIpc) is 2.97. The van der Waals surface area contributed by atoms with Crippen molar-refractivity contribution in [1.82, 2.24) is 14.9 Å². The molecule has 0 atom stereocenters. The molecule has 1 aromatic heterocycles. The maximum absolute atomic E-state index is 12.2. The number of nitrogens with zero attached hydrogens (tertiary/aromatic N) is 2. The van der Waals surface area contributed by atoms with Crippen molar-refractivity contribution < 1.29 is 9.59 Å². The van der Waals surface area contributed by atoms with Gasteiger partial charge in [-0.2, -0.15) is 0 Å². The fourth-order valence-corrected chi connectivity index (χ4v) is 2.51. The highest BCUT2D eigenvalue weighted by Crippen LogP contribution is 2.17. The van der Waals surface area contributed by atoms with Gasteiger partial charge in [-0.05, 0) is 56.1 Å². The second-order valence-corrected chi connectivity index (χ2v) is 5.94. The Kier molecular flexibility index (Phi) is 5.64. The van der Waals surface area contributed by atoms with Crippen LogP contribution in [-0.4, -0.2) is 27.6 Å². The summed E-state index contributed by atoms with van der Waals surface area (Å²) in [6.07, 6.45) is 0.660. The van der Waals surface area contributed by atoms with E-state index < -0.39 is 0 Å². The summed E-state index contributed by atoms with van der Waals surface area (Å²) >= 11 is 1.08. The number of urea groups is 1. The van der Waals surface area contributed by atoms with Gasteiger partial charge >= 0.3 is 6.03 Å². The molecule has 3 N–H and O–H groups in total. The molecule has 0 fully saturated rings. The molecule has 0 aliphatic carbocycles. The number of carbonyl (C=O) groups is 2. The van der Waals surface area contributed by atoms with Crippen molar-refractivity contribution in [3.05, 3.63) is 34.8 Å². The summed E-state index contributed by atoms with van der Waals surface area (Å²) in [6.45, 7) is 5.70. The number of nitrogens with one attached hydrogen (secondary N) is 3. The molecule has 122 valence electrons. The first-order valence-corrected chi connectivity index (χ1v) is 8.07. The number of benzene rings is 1. The first-order chi connectivity index (χ1) is 11.0. The van der Waals surface area contributed by atoms with Crippen LogP contribution >= 0.6 is 11.5 Å². The Labute approximate surface area is 138 Å². The zero-order valence-corrected chi connectivity index (χ0v) is 14.0. The molecular weight excluding hydrogens is 314 g/mol. The van der Waals surface area contributed by atoms with Crippen molar-refractivity contribution >= 4 is 34.8 Å². The lowest BCUT2D eigenvalue weighted by molar-refractivity contribution is 0.102. The van der Waals surface area contributed by atoms with E-state index >= 15 is 0 Å². The molecule has 1 heterocycles. The molecule has 2 rings (SSSR count). The third-order valence-electron chi connectivity index (χ3n) is 2.92. The molecular formula is C15H19N5O2S. The van der Waals surface area contributed by atoms with E-state index in [1.807, 2.05) is 20.8 Å². The molecule has 8 heteroatoms. The van der Waals surface area contributed by atoms with E-state index in [-0.39, 0.29) is 18.0 Å². The van der Waals surface area contributed by atoms with E-state index in [1.165, 1.54) is 0 Å². The van der Waals surface area contributed by atoms with E-state index in [4.69, 9.17) is 0 Å². The lowest BCUT2D eigenvalue weighted by Gasteiger charge is -2.10. The largest absolute Gasteiger partial charge is 0.336 e. The highest BCUT2D eigenvalue weighted by atomic mass is 32.1. The van der Waals surface area contributed by atoms with E-state index in [9.17, 15) is 9.59 Å². The van der Waals surface area contributed by atoms with Crippen molar-refractivity contribution in [2.75, 3.05) is 10.6 Å². The lowest BCUT2D eigenvalue weighted by atomic mass is 10.2. The van der Waals surface area contributed by atoms with Crippen LogP contribution < -0.4 is 16.0 Å². The fraction of sp³-hybridized carbons (Fsp3) is 0.333. The van der Waals surface area contributed by atoms with Crippen molar-refractivity contribution in [2.24, 2.45) is 0 Å². The van der Waals surface area contributed by atoms with E-state index in [0.717, 1.165) is 11.5 Å². The molecule has 0 saturated heterocycles. The second kappa shape index (κ2) is 7.68. The Morgan fingerprint density at radius 2 is 1.74 bits per heavy atom. The molecule has 0 aliphatic heterocycles. The zero-order chi connectivity index (χ0) is 16.8. The van der Waals surface area contributed by atoms with Crippen LogP contribution in [0.25, 0.3) is 0 Å². The molecule has 0 bridgehead atoms. The molecule has 0 unspecified atom stereocenters. The topological polar surface area (TPSA) is 96.0 Å². The predicted molar refractivity (Wildman–Crippen MR) is 91.0 cm³/mol. The van der Waals surface area contributed by atoms with Gasteiger partial charge in [-0.25, -0.2) is 4.79 Å². The summed E-state index contributed by atoms with van der Waals surface area (Å²) in [6, 6.07) is 6.70. The van der Waals surface area contributed by atoms with Gasteiger partial charge in [-0.15, -0.1) is 5.10 Å². The van der Waals surface area contributed by atoms with Crippen LogP contribution in [0.15, 0.2) is 24.3 Å². The SMILES string of the molecule is CCc1nnsc1C(=O)Nc1ccc(NC(=O)NC(C)C)cc1. The average molecular weight is 333 g/mol. The quantitative estimate of drug-likeness (QED) is 0.784. The lowest BCUT2D eigenvalue weighted by Crippen LogP contribution is -2.34. The van der Waals surface area contributed by atoms with Crippen LogP contribution in [0.5, 0.6) is 0 Å². The van der Waals surface area contributed by atoms with Crippen molar-refractivity contribution in [1.29, 1.82) is 0 Å². The third-order valence-corrected chi connectivity index (χ3v) is 3.68. The molecule has 2 aromatic rings. The first-order valence-electron chi connectivity index (χ1n) is 7.29. The number of hydrogen-bond donors (Lipinski definition) is 3. The Morgan fingerprint density at radius 1 is 1.13 bits per heavy atom. The normalized spacial score (nSPS) is 10.4. The molecule has 1 aromatic carbocycles. The summed E-state index contributed by atoms with van der Waals surface area (Å²) < 4.78 is 3.80. The standard InChI is InChI=1S/C15H19N5O2S/c1-4-12-13(23-20-19-12)14(21)17-10-5-7-11(8-6-10)18-15(22)16-9(2)3/h5-9H,4H2,1-3H3,(H,17,21)(H2,16,18,22). The number of anilines is 2. The second-order valence-electron chi connectivity index (χ2n) is 5.19. The first kappa shape index (κ1) is 16.9. The molecule has 23 heavy (non-hydrogen) atoms. The van der Waals surface area contributed by atoms with Crippen LogP contribution in [0.4, 0.5) is 16.2 Å². The fourth-order valence-electron chi connectivity index (χ4n) is 1.87. The van der Waals surface area contributed by atoms with Gasteiger partial charge in [0.1, 0.15) is 4.88 Å². The van der Waals surface area contributed by atoms with Crippen molar-refractivity contribution in [3.8, 4) is 0 Å². The molecule has 3 amide bonds. The van der Waals surface area contributed by atoms with Gasteiger partial charge in [0.25, 0.3) is 5.91 Å². The van der Waals surface area contributed by atoms with E-state index in [2.05, 4.69) is 25.5 Å². The minimum Gasteiger partial charge on any atom is -0.336 e. The smallest absolute Gasteiger partial charge is 0.319 e. The number of aryl methyl sites for hydroxylation is 1. The minimum absolute atomic E-state index is 0.0642. The van der Waals surface area contributed by atoms with Gasteiger partial charge in [-0.1, -0.05) is 11.4 Å². The summed E-state index contributed by atoms with van der Waals surface area (Å²) in [5.41, 5.74) is 1.98. The van der Waals surface area contributed by atoms with Crippen LogP contribution in [-0.2, 0) is 6.42 Å². The number of rotatable bonds is 5. The number of carbonyl (C=O) groups excluding carboxylic acids is 2. The molecule has 0 aliphatic rings. The van der Waals surface area contributed by atoms with Gasteiger partial charge in [0.05, 0.1) is 5.69 Å². The van der Waals surface area contributed by atoms with Gasteiger partial charge < -0.3 is 16.0 Å². The number of aromatic nitrogens is 2. The van der Waals surface area contributed by atoms with Crippen LogP contribution in [0.2, 0.25) is 0 Å². The predicted octanol–water partition coefficient (Wildman–Crippen LogP) is 2.88. The maximum atomic E-state index is 12.2. The Balaban J connectivity index is 1.97. The molecule has 0 radical (unpaired) electrons. The highest BCUT2D eigenvalue weighted by Gasteiger charge is 2.15. The van der Waals surface area contributed by atoms with Crippen molar-refractivity contribution in [2.45, 2.75) is 33.2 Å². The summed E-state index contributed by atoms with van der Waals surface area (Å²) in [5.74, 6) is -0.227. The Hall–Kier alpha value is -2.48. The van der Waals surface area contributed by atoms with Gasteiger partial charge in [0, 0.05) is 17.4 Å². The van der Waals surface area contributed by atoms with Gasteiger partial charge in [0.2, 0.25) is 0 Å².